The molecule has 2 rings (SSSR count). The first kappa shape index (κ1) is 13.1. The van der Waals surface area contributed by atoms with Gasteiger partial charge in [0, 0.05) is 18.8 Å². The van der Waals surface area contributed by atoms with Gasteiger partial charge in [-0.15, -0.1) is 0 Å². The highest BCUT2D eigenvalue weighted by molar-refractivity contribution is 5.86. The summed E-state index contributed by atoms with van der Waals surface area (Å²) < 4.78 is 0. The Balaban J connectivity index is 2.39. The number of rotatable bonds is 2. The summed E-state index contributed by atoms with van der Waals surface area (Å²) in [7, 11) is 0. The van der Waals surface area contributed by atoms with E-state index in [2.05, 4.69) is 49.2 Å². The molecular weight excluding hydrogens is 224 g/mol. The number of ketones is 1. The zero-order valence-electron chi connectivity index (χ0n) is 11.5. The minimum atomic E-state index is 0.269. The highest BCUT2D eigenvalue weighted by Crippen LogP contribution is 2.30. The number of para-hydroxylation sites is 1. The topological polar surface area (TPSA) is 32.3 Å². The van der Waals surface area contributed by atoms with Crippen molar-refractivity contribution < 1.29 is 4.79 Å². The van der Waals surface area contributed by atoms with Gasteiger partial charge >= 0.3 is 0 Å². The van der Waals surface area contributed by atoms with Crippen LogP contribution in [0.1, 0.15) is 30.9 Å². The summed E-state index contributed by atoms with van der Waals surface area (Å²) in [6.45, 7) is 9.33. The Hall–Kier alpha value is -1.35. The van der Waals surface area contributed by atoms with Gasteiger partial charge in [0.15, 0.2) is 5.78 Å². The van der Waals surface area contributed by atoms with Crippen molar-refractivity contribution in [2.24, 2.45) is 0 Å². The number of hydrogen-bond donors (Lipinski definition) is 1. The molecule has 1 aliphatic rings. The van der Waals surface area contributed by atoms with Crippen molar-refractivity contribution in [1.29, 1.82) is 0 Å². The van der Waals surface area contributed by atoms with Crippen LogP contribution >= 0.6 is 0 Å². The molecule has 1 fully saturated rings. The van der Waals surface area contributed by atoms with Crippen LogP contribution in [0.3, 0.4) is 0 Å². The van der Waals surface area contributed by atoms with E-state index in [0.717, 1.165) is 13.1 Å². The summed E-state index contributed by atoms with van der Waals surface area (Å²) >= 11 is 0. The van der Waals surface area contributed by atoms with Gasteiger partial charge in [0.05, 0.1) is 13.1 Å². The normalized spacial score (nSPS) is 17.1. The fraction of sp³-hybridized carbons (Fsp3) is 0.533. The average Bonchev–Trinajstić information content (AvgIpc) is 2.53. The van der Waals surface area contributed by atoms with Crippen molar-refractivity contribution in [1.82, 2.24) is 5.32 Å². The lowest BCUT2D eigenvalue weighted by molar-refractivity contribution is -0.116. The van der Waals surface area contributed by atoms with Crippen molar-refractivity contribution in [3.8, 4) is 0 Å². The molecule has 0 unspecified atom stereocenters. The van der Waals surface area contributed by atoms with E-state index in [0.29, 0.717) is 19.0 Å². The first-order valence-corrected chi connectivity index (χ1v) is 6.66. The number of Topliss-reactive ketones (excluding diaryl/α,β-unsaturated/α-hetero) is 1. The standard InChI is InChI=1S/C15H22N2O/c1-11(2)14-6-4-5-12(3)15(14)17-8-7-16-9-13(18)10-17/h4-6,11,16H,7-10H2,1-3H3. The predicted octanol–water partition coefficient (Wildman–Crippen LogP) is 2.10. The molecule has 0 amide bonds. The van der Waals surface area contributed by atoms with Gasteiger partial charge in [-0.1, -0.05) is 32.0 Å². The molecule has 0 spiro atoms. The van der Waals surface area contributed by atoms with E-state index < -0.39 is 0 Å². The van der Waals surface area contributed by atoms with Gasteiger partial charge in [0.1, 0.15) is 0 Å². The van der Waals surface area contributed by atoms with Gasteiger partial charge in [0.25, 0.3) is 0 Å². The smallest absolute Gasteiger partial charge is 0.165 e. The molecule has 0 bridgehead atoms. The van der Waals surface area contributed by atoms with Crippen molar-refractivity contribution in [2.45, 2.75) is 26.7 Å². The molecule has 3 nitrogen and oxygen atoms in total. The fourth-order valence-electron chi connectivity index (χ4n) is 2.56. The summed E-state index contributed by atoms with van der Waals surface area (Å²) in [6, 6.07) is 6.41. The molecular formula is C15H22N2O. The van der Waals surface area contributed by atoms with Crippen molar-refractivity contribution in [3.05, 3.63) is 29.3 Å². The molecule has 1 aromatic carbocycles. The van der Waals surface area contributed by atoms with Crippen LogP contribution in [0.2, 0.25) is 0 Å². The zero-order chi connectivity index (χ0) is 13.1. The maximum atomic E-state index is 11.8. The van der Waals surface area contributed by atoms with Crippen LogP contribution in [0.4, 0.5) is 5.69 Å². The van der Waals surface area contributed by atoms with Crippen molar-refractivity contribution in [2.75, 3.05) is 31.1 Å². The Morgan fingerprint density at radius 1 is 1.33 bits per heavy atom. The number of anilines is 1. The second-order valence-corrected chi connectivity index (χ2v) is 5.30. The average molecular weight is 246 g/mol. The number of nitrogens with one attached hydrogen (secondary N) is 1. The monoisotopic (exact) mass is 246 g/mol. The van der Waals surface area contributed by atoms with Gasteiger partial charge in [-0.2, -0.15) is 0 Å². The second kappa shape index (κ2) is 5.53. The van der Waals surface area contributed by atoms with Crippen molar-refractivity contribution >= 4 is 11.5 Å². The van der Waals surface area contributed by atoms with Crippen LogP contribution in [0, 0.1) is 6.92 Å². The summed E-state index contributed by atoms with van der Waals surface area (Å²) in [6.07, 6.45) is 0. The maximum absolute atomic E-state index is 11.8. The number of nitrogens with zero attached hydrogens (tertiary/aromatic N) is 1. The molecule has 0 atom stereocenters. The van der Waals surface area contributed by atoms with E-state index in [-0.39, 0.29) is 5.78 Å². The first-order chi connectivity index (χ1) is 8.59. The highest BCUT2D eigenvalue weighted by atomic mass is 16.1. The Kier molecular flexibility index (Phi) is 4.02. The largest absolute Gasteiger partial charge is 0.362 e. The van der Waals surface area contributed by atoms with Gasteiger partial charge in [0.2, 0.25) is 0 Å². The Morgan fingerprint density at radius 2 is 2.11 bits per heavy atom. The second-order valence-electron chi connectivity index (χ2n) is 5.30. The SMILES string of the molecule is Cc1cccc(C(C)C)c1N1CCNCC(=O)C1. The minimum Gasteiger partial charge on any atom is -0.362 e. The van der Waals surface area contributed by atoms with Gasteiger partial charge in [-0.05, 0) is 24.0 Å². The molecule has 18 heavy (non-hydrogen) atoms. The van der Waals surface area contributed by atoms with Crippen LogP contribution in [-0.4, -0.2) is 32.0 Å². The first-order valence-electron chi connectivity index (χ1n) is 6.66. The Labute approximate surface area is 109 Å². The van der Waals surface area contributed by atoms with E-state index in [1.165, 1.54) is 16.8 Å². The van der Waals surface area contributed by atoms with Gasteiger partial charge in [-0.25, -0.2) is 0 Å². The van der Waals surface area contributed by atoms with Gasteiger partial charge < -0.3 is 10.2 Å². The molecule has 0 radical (unpaired) electrons. The molecule has 1 aliphatic heterocycles. The summed E-state index contributed by atoms with van der Waals surface area (Å²) in [5.41, 5.74) is 3.85. The van der Waals surface area contributed by atoms with Crippen molar-refractivity contribution in [3.63, 3.8) is 0 Å². The third kappa shape index (κ3) is 2.72. The minimum absolute atomic E-state index is 0.269. The lowest BCUT2D eigenvalue weighted by Gasteiger charge is -2.27. The lowest BCUT2D eigenvalue weighted by Crippen LogP contribution is -2.31. The van der Waals surface area contributed by atoms with Crippen LogP contribution in [0.25, 0.3) is 0 Å². The number of benzene rings is 1. The van der Waals surface area contributed by atoms with E-state index in [1.54, 1.807) is 0 Å². The van der Waals surface area contributed by atoms with E-state index in [1.807, 2.05) is 0 Å². The molecule has 1 aromatic rings. The lowest BCUT2D eigenvalue weighted by atomic mass is 9.97. The predicted molar refractivity (Wildman–Crippen MR) is 75.4 cm³/mol. The van der Waals surface area contributed by atoms with Crippen LogP contribution in [0.15, 0.2) is 18.2 Å². The number of hydrogen-bond acceptors (Lipinski definition) is 3. The number of carbonyl (C=O) groups is 1. The third-order valence-electron chi connectivity index (χ3n) is 3.46. The maximum Gasteiger partial charge on any atom is 0.165 e. The summed E-state index contributed by atoms with van der Waals surface area (Å²) in [4.78, 5) is 14.0. The molecule has 0 aromatic heterocycles. The molecule has 1 N–H and O–H groups in total. The van der Waals surface area contributed by atoms with Crippen LogP contribution < -0.4 is 10.2 Å². The van der Waals surface area contributed by atoms with Crippen LogP contribution in [0.5, 0.6) is 0 Å². The Bertz CT molecular complexity index is 440. The Morgan fingerprint density at radius 3 is 2.83 bits per heavy atom. The van der Waals surface area contributed by atoms with Gasteiger partial charge in [-0.3, -0.25) is 4.79 Å². The van der Waals surface area contributed by atoms with E-state index >= 15 is 0 Å². The quantitative estimate of drug-likeness (QED) is 0.867. The molecule has 1 saturated heterocycles. The molecule has 1 heterocycles. The summed E-state index contributed by atoms with van der Waals surface area (Å²) in [5, 5.41) is 3.17. The fourth-order valence-corrected chi connectivity index (χ4v) is 2.56. The highest BCUT2D eigenvalue weighted by Gasteiger charge is 2.20. The third-order valence-corrected chi connectivity index (χ3v) is 3.46. The molecule has 0 saturated carbocycles. The molecule has 0 aliphatic carbocycles. The van der Waals surface area contributed by atoms with Crippen LogP contribution in [-0.2, 0) is 4.79 Å². The van der Waals surface area contributed by atoms with E-state index in [4.69, 9.17) is 0 Å². The molecule has 98 valence electrons. The zero-order valence-corrected chi connectivity index (χ0v) is 11.5. The number of carbonyl (C=O) groups excluding carboxylic acids is 1. The number of aryl methyl sites for hydroxylation is 1. The molecule has 3 heteroatoms. The summed E-state index contributed by atoms with van der Waals surface area (Å²) in [5.74, 6) is 0.747. The van der Waals surface area contributed by atoms with E-state index in [9.17, 15) is 4.79 Å².